The summed E-state index contributed by atoms with van der Waals surface area (Å²) in [6, 6.07) is 4.47. The van der Waals surface area contributed by atoms with E-state index in [1.165, 1.54) is 17.4 Å². The lowest BCUT2D eigenvalue weighted by atomic mass is 10.1. The summed E-state index contributed by atoms with van der Waals surface area (Å²) < 4.78 is 14.1. The van der Waals surface area contributed by atoms with E-state index >= 15 is 0 Å². The highest BCUT2D eigenvalue weighted by Crippen LogP contribution is 2.32. The number of benzene rings is 1. The van der Waals surface area contributed by atoms with Gasteiger partial charge >= 0.3 is 0 Å². The molecule has 1 N–H and O–H groups in total. The van der Waals surface area contributed by atoms with Crippen molar-refractivity contribution in [3.63, 3.8) is 0 Å². The van der Waals surface area contributed by atoms with E-state index in [1.54, 1.807) is 12.1 Å². The van der Waals surface area contributed by atoms with E-state index in [9.17, 15) is 4.39 Å². The van der Waals surface area contributed by atoms with E-state index < -0.39 is 0 Å². The van der Waals surface area contributed by atoms with Crippen molar-refractivity contribution in [3.8, 4) is 0 Å². The lowest BCUT2D eigenvalue weighted by Gasteiger charge is -2.18. The van der Waals surface area contributed by atoms with Gasteiger partial charge in [0.25, 0.3) is 0 Å². The topological polar surface area (TPSA) is 24.9 Å². The number of hydrogen-bond acceptors (Lipinski definition) is 3. The summed E-state index contributed by atoms with van der Waals surface area (Å²) in [7, 11) is 0. The van der Waals surface area contributed by atoms with E-state index in [0.717, 1.165) is 23.7 Å². The zero-order valence-electron chi connectivity index (χ0n) is 10.9. The first-order valence-corrected chi connectivity index (χ1v) is 7.48. The molecule has 0 radical (unpaired) electrons. The Kier molecular flexibility index (Phi) is 4.91. The number of nitrogens with one attached hydrogen (secondary N) is 1. The molecule has 0 aliphatic rings. The molecule has 1 aromatic carbocycles. The SMILES string of the molecule is CCCNC(c1nc(C)cs1)c1c(F)cccc1Cl. The van der Waals surface area contributed by atoms with Gasteiger partial charge in [0.1, 0.15) is 10.8 Å². The minimum Gasteiger partial charge on any atom is -0.304 e. The van der Waals surface area contributed by atoms with Crippen LogP contribution < -0.4 is 5.32 Å². The van der Waals surface area contributed by atoms with Gasteiger partial charge in [-0.05, 0) is 32.0 Å². The molecule has 1 heterocycles. The van der Waals surface area contributed by atoms with Crippen LogP contribution in [0, 0.1) is 12.7 Å². The zero-order chi connectivity index (χ0) is 13.8. The number of halogens is 2. The van der Waals surface area contributed by atoms with Gasteiger partial charge < -0.3 is 5.32 Å². The highest BCUT2D eigenvalue weighted by Gasteiger charge is 2.22. The van der Waals surface area contributed by atoms with Crippen LogP contribution in [0.5, 0.6) is 0 Å². The van der Waals surface area contributed by atoms with Gasteiger partial charge in [-0.15, -0.1) is 11.3 Å². The third kappa shape index (κ3) is 3.32. The maximum atomic E-state index is 14.1. The maximum absolute atomic E-state index is 14.1. The summed E-state index contributed by atoms with van der Waals surface area (Å²) in [6.45, 7) is 4.79. The Labute approximate surface area is 121 Å². The molecule has 0 saturated heterocycles. The third-order valence-electron chi connectivity index (χ3n) is 2.77. The van der Waals surface area contributed by atoms with Crippen LogP contribution in [0.3, 0.4) is 0 Å². The van der Waals surface area contributed by atoms with Crippen molar-refractivity contribution in [2.45, 2.75) is 26.3 Å². The summed E-state index contributed by atoms with van der Waals surface area (Å²) in [4.78, 5) is 4.45. The first-order valence-electron chi connectivity index (χ1n) is 6.22. The fraction of sp³-hybridized carbons (Fsp3) is 0.357. The second-order valence-corrected chi connectivity index (χ2v) is 5.65. The maximum Gasteiger partial charge on any atom is 0.129 e. The number of nitrogens with zero attached hydrogens (tertiary/aromatic N) is 1. The van der Waals surface area contributed by atoms with Crippen molar-refractivity contribution < 1.29 is 4.39 Å². The number of aromatic nitrogens is 1. The van der Waals surface area contributed by atoms with Crippen molar-refractivity contribution in [2.75, 3.05) is 6.54 Å². The van der Waals surface area contributed by atoms with E-state index in [1.807, 2.05) is 12.3 Å². The molecule has 1 aromatic heterocycles. The minimum atomic E-state index is -0.297. The van der Waals surface area contributed by atoms with Crippen LogP contribution >= 0.6 is 22.9 Å². The quantitative estimate of drug-likeness (QED) is 0.888. The normalized spacial score (nSPS) is 12.6. The first-order chi connectivity index (χ1) is 9.13. The summed E-state index contributed by atoms with van der Waals surface area (Å²) in [5.41, 5.74) is 1.42. The Bertz CT molecular complexity index is 536. The lowest BCUT2D eigenvalue weighted by molar-refractivity contribution is 0.545. The molecule has 0 amide bonds. The third-order valence-corrected chi connectivity index (χ3v) is 4.13. The molecule has 0 fully saturated rings. The standard InChI is InChI=1S/C14H16ClFN2S/c1-3-7-17-13(14-18-9(2)8-19-14)12-10(15)5-4-6-11(12)16/h4-6,8,13,17H,3,7H2,1-2H3. The van der Waals surface area contributed by atoms with Crippen molar-refractivity contribution in [1.29, 1.82) is 0 Å². The van der Waals surface area contributed by atoms with Crippen LogP contribution in [0.2, 0.25) is 5.02 Å². The highest BCUT2D eigenvalue weighted by molar-refractivity contribution is 7.09. The lowest BCUT2D eigenvalue weighted by Crippen LogP contribution is -2.24. The van der Waals surface area contributed by atoms with E-state index in [4.69, 9.17) is 11.6 Å². The van der Waals surface area contributed by atoms with E-state index in [-0.39, 0.29) is 11.9 Å². The highest BCUT2D eigenvalue weighted by atomic mass is 35.5. The average Bonchev–Trinajstić information content (AvgIpc) is 2.79. The van der Waals surface area contributed by atoms with Gasteiger partial charge in [-0.1, -0.05) is 24.6 Å². The molecule has 2 nitrogen and oxygen atoms in total. The molecule has 0 aliphatic carbocycles. The van der Waals surface area contributed by atoms with Gasteiger partial charge in [0, 0.05) is 21.7 Å². The van der Waals surface area contributed by atoms with E-state index in [2.05, 4.69) is 17.2 Å². The molecule has 102 valence electrons. The Hall–Kier alpha value is -0.970. The summed E-state index contributed by atoms with van der Waals surface area (Å²) in [5, 5.41) is 6.56. The molecule has 2 rings (SSSR count). The summed E-state index contributed by atoms with van der Waals surface area (Å²) in [6.07, 6.45) is 0.965. The van der Waals surface area contributed by atoms with Crippen LogP contribution in [-0.4, -0.2) is 11.5 Å². The minimum absolute atomic E-state index is 0.285. The van der Waals surface area contributed by atoms with Crippen LogP contribution in [0.15, 0.2) is 23.6 Å². The predicted octanol–water partition coefficient (Wildman–Crippen LogP) is 4.33. The fourth-order valence-corrected chi connectivity index (χ4v) is 3.04. The van der Waals surface area contributed by atoms with Crippen LogP contribution in [0.1, 0.15) is 35.7 Å². The van der Waals surface area contributed by atoms with Crippen molar-refractivity contribution in [1.82, 2.24) is 10.3 Å². The molecule has 1 atom stereocenters. The molecule has 1 unspecified atom stereocenters. The summed E-state index contributed by atoms with van der Waals surface area (Å²) >= 11 is 7.68. The second kappa shape index (κ2) is 6.46. The van der Waals surface area contributed by atoms with Crippen LogP contribution in [0.4, 0.5) is 4.39 Å². The monoisotopic (exact) mass is 298 g/mol. The van der Waals surface area contributed by atoms with Gasteiger partial charge in [-0.25, -0.2) is 9.37 Å². The van der Waals surface area contributed by atoms with Gasteiger partial charge in [0.15, 0.2) is 0 Å². The zero-order valence-corrected chi connectivity index (χ0v) is 12.5. The molecule has 0 aliphatic heterocycles. The molecule has 0 spiro atoms. The van der Waals surface area contributed by atoms with Gasteiger partial charge in [-0.3, -0.25) is 0 Å². The number of hydrogen-bond donors (Lipinski definition) is 1. The smallest absolute Gasteiger partial charge is 0.129 e. The Balaban J connectivity index is 2.42. The molecular weight excluding hydrogens is 283 g/mol. The van der Waals surface area contributed by atoms with Gasteiger partial charge in [0.2, 0.25) is 0 Å². The Morgan fingerprint density at radius 1 is 1.47 bits per heavy atom. The number of thiazole rings is 1. The Morgan fingerprint density at radius 3 is 2.84 bits per heavy atom. The number of rotatable bonds is 5. The van der Waals surface area contributed by atoms with Crippen LogP contribution in [-0.2, 0) is 0 Å². The van der Waals surface area contributed by atoms with Crippen LogP contribution in [0.25, 0.3) is 0 Å². The summed E-state index contributed by atoms with van der Waals surface area (Å²) in [5.74, 6) is -0.297. The molecular formula is C14H16ClFN2S. The predicted molar refractivity (Wildman–Crippen MR) is 78.4 cm³/mol. The van der Waals surface area contributed by atoms with Gasteiger partial charge in [0.05, 0.1) is 6.04 Å². The molecule has 0 bridgehead atoms. The second-order valence-electron chi connectivity index (χ2n) is 4.35. The largest absolute Gasteiger partial charge is 0.304 e. The van der Waals surface area contributed by atoms with Crippen molar-refractivity contribution >= 4 is 22.9 Å². The Morgan fingerprint density at radius 2 is 2.26 bits per heavy atom. The molecule has 2 aromatic rings. The average molecular weight is 299 g/mol. The molecule has 5 heteroatoms. The first kappa shape index (κ1) is 14.4. The van der Waals surface area contributed by atoms with E-state index in [0.29, 0.717) is 10.6 Å². The van der Waals surface area contributed by atoms with Crippen molar-refractivity contribution in [3.05, 3.63) is 50.7 Å². The molecule has 0 saturated carbocycles. The van der Waals surface area contributed by atoms with Gasteiger partial charge in [-0.2, -0.15) is 0 Å². The van der Waals surface area contributed by atoms with Crippen molar-refractivity contribution in [2.24, 2.45) is 0 Å². The molecule has 19 heavy (non-hydrogen) atoms. The fourth-order valence-electron chi connectivity index (χ4n) is 1.89. The number of aryl methyl sites for hydroxylation is 1.